The molecule has 0 saturated carbocycles. The molecule has 1 N–H and O–H groups in total. The molecule has 0 heterocycles. The minimum atomic E-state index is -1.04. The van der Waals surface area contributed by atoms with E-state index in [-0.39, 0.29) is 10.6 Å². The third kappa shape index (κ3) is 2.36. The van der Waals surface area contributed by atoms with Gasteiger partial charge in [0.15, 0.2) is 0 Å². The van der Waals surface area contributed by atoms with Crippen LogP contribution in [0.4, 0.5) is 4.39 Å². The molecule has 0 aliphatic carbocycles. The number of hydrogen-bond donors (Lipinski definition) is 1. The Labute approximate surface area is 109 Å². The fourth-order valence-corrected chi connectivity index (χ4v) is 2.04. The number of rotatable bonds is 2. The molecule has 2 aromatic rings. The van der Waals surface area contributed by atoms with E-state index in [2.05, 4.69) is 0 Å². The van der Waals surface area contributed by atoms with E-state index in [1.165, 1.54) is 24.3 Å². The first kappa shape index (κ1) is 12.6. The number of carboxylic acid groups (broad SMARTS) is 1. The predicted octanol–water partition coefficient (Wildman–Crippen LogP) is 4.15. The Morgan fingerprint density at radius 1 is 1.17 bits per heavy atom. The van der Waals surface area contributed by atoms with Crippen LogP contribution in [0.5, 0.6) is 0 Å². The molecule has 0 atom stereocenters. The lowest BCUT2D eigenvalue weighted by Gasteiger charge is -2.09. The van der Waals surface area contributed by atoms with Crippen molar-refractivity contribution in [2.45, 2.75) is 6.92 Å². The van der Waals surface area contributed by atoms with Crippen LogP contribution in [0, 0.1) is 12.7 Å². The van der Waals surface area contributed by atoms with Gasteiger partial charge in [-0.1, -0.05) is 29.3 Å². The normalized spacial score (nSPS) is 10.4. The molecule has 0 aromatic heterocycles. The van der Waals surface area contributed by atoms with Crippen LogP contribution in [0.15, 0.2) is 36.4 Å². The Hall–Kier alpha value is -1.87. The highest BCUT2D eigenvalue weighted by molar-refractivity contribution is 6.33. The van der Waals surface area contributed by atoms with Crippen LogP contribution in [0.3, 0.4) is 0 Å². The fraction of sp³-hybridized carbons (Fsp3) is 0.0714. The van der Waals surface area contributed by atoms with Crippen molar-refractivity contribution in [2.75, 3.05) is 0 Å². The Morgan fingerprint density at radius 2 is 1.89 bits per heavy atom. The molecule has 0 bridgehead atoms. The van der Waals surface area contributed by atoms with Gasteiger partial charge in [-0.05, 0) is 36.8 Å². The number of carbonyl (C=O) groups is 1. The van der Waals surface area contributed by atoms with Gasteiger partial charge in [0.2, 0.25) is 0 Å². The van der Waals surface area contributed by atoms with Crippen LogP contribution in [0.25, 0.3) is 11.1 Å². The van der Waals surface area contributed by atoms with Gasteiger partial charge in [0, 0.05) is 5.56 Å². The summed E-state index contributed by atoms with van der Waals surface area (Å²) in [6.07, 6.45) is 0. The summed E-state index contributed by atoms with van der Waals surface area (Å²) in [4.78, 5) is 11.2. The zero-order valence-corrected chi connectivity index (χ0v) is 10.3. The molecular formula is C14H10ClFO2. The molecule has 0 radical (unpaired) electrons. The molecule has 2 rings (SSSR count). The van der Waals surface area contributed by atoms with Gasteiger partial charge in [-0.25, -0.2) is 9.18 Å². The van der Waals surface area contributed by atoms with E-state index in [4.69, 9.17) is 16.7 Å². The van der Waals surface area contributed by atoms with Crippen molar-refractivity contribution in [3.8, 4) is 11.1 Å². The van der Waals surface area contributed by atoms with E-state index in [9.17, 15) is 9.18 Å². The minimum Gasteiger partial charge on any atom is -0.478 e. The number of aromatic carboxylic acids is 1. The van der Waals surface area contributed by atoms with Crippen LogP contribution in [0.1, 0.15) is 15.9 Å². The second-order valence-corrected chi connectivity index (χ2v) is 4.39. The maximum Gasteiger partial charge on any atom is 0.336 e. The fourth-order valence-electron chi connectivity index (χ4n) is 1.78. The molecule has 0 fully saturated rings. The maximum atomic E-state index is 13.0. The number of benzene rings is 2. The average molecular weight is 265 g/mol. The minimum absolute atomic E-state index is 0.147. The van der Waals surface area contributed by atoms with Crippen molar-refractivity contribution in [2.24, 2.45) is 0 Å². The quantitative estimate of drug-likeness (QED) is 0.885. The molecule has 0 unspecified atom stereocenters. The van der Waals surface area contributed by atoms with Crippen LogP contribution < -0.4 is 0 Å². The molecule has 0 aliphatic rings. The summed E-state index contributed by atoms with van der Waals surface area (Å²) in [5.41, 5.74) is 2.07. The van der Waals surface area contributed by atoms with E-state index >= 15 is 0 Å². The first-order valence-electron chi connectivity index (χ1n) is 5.28. The van der Waals surface area contributed by atoms with Crippen LogP contribution in [0.2, 0.25) is 5.02 Å². The summed E-state index contributed by atoms with van der Waals surface area (Å²) in [7, 11) is 0. The summed E-state index contributed by atoms with van der Waals surface area (Å²) >= 11 is 5.96. The van der Waals surface area contributed by atoms with Gasteiger partial charge in [0.25, 0.3) is 0 Å². The highest BCUT2D eigenvalue weighted by Gasteiger charge is 2.14. The van der Waals surface area contributed by atoms with Gasteiger partial charge < -0.3 is 5.11 Å². The van der Waals surface area contributed by atoms with Crippen LogP contribution in [-0.2, 0) is 0 Å². The van der Waals surface area contributed by atoms with Gasteiger partial charge in [0.05, 0.1) is 10.6 Å². The summed E-state index contributed by atoms with van der Waals surface area (Å²) < 4.78 is 13.0. The van der Waals surface area contributed by atoms with Gasteiger partial charge >= 0.3 is 5.97 Å². The summed E-state index contributed by atoms with van der Waals surface area (Å²) in [5.74, 6) is -1.49. The number of halogens is 2. The first-order chi connectivity index (χ1) is 8.49. The molecule has 92 valence electrons. The average Bonchev–Trinajstić information content (AvgIpc) is 2.28. The molecule has 2 nitrogen and oxygen atoms in total. The second-order valence-electron chi connectivity index (χ2n) is 3.98. The van der Waals surface area contributed by atoms with E-state index in [0.717, 1.165) is 5.56 Å². The van der Waals surface area contributed by atoms with E-state index in [1.54, 1.807) is 12.1 Å². The van der Waals surface area contributed by atoms with Crippen LogP contribution >= 0.6 is 11.6 Å². The van der Waals surface area contributed by atoms with E-state index in [0.29, 0.717) is 11.1 Å². The van der Waals surface area contributed by atoms with Crippen molar-refractivity contribution in [1.29, 1.82) is 0 Å². The Bertz CT molecular complexity index is 623. The van der Waals surface area contributed by atoms with Crippen molar-refractivity contribution >= 4 is 17.6 Å². The standard InChI is InChI=1S/C14H10ClFO2/c1-8-2-4-11(14(17)18)12(6-8)10-5-3-9(16)7-13(10)15/h2-7H,1H3,(H,17,18). The van der Waals surface area contributed by atoms with Gasteiger partial charge in [-0.2, -0.15) is 0 Å². The zero-order valence-electron chi connectivity index (χ0n) is 9.58. The largest absolute Gasteiger partial charge is 0.478 e. The van der Waals surface area contributed by atoms with E-state index < -0.39 is 11.8 Å². The Morgan fingerprint density at radius 3 is 2.50 bits per heavy atom. The number of carboxylic acids is 1. The molecule has 18 heavy (non-hydrogen) atoms. The molecule has 2 aromatic carbocycles. The van der Waals surface area contributed by atoms with Crippen molar-refractivity contribution in [3.63, 3.8) is 0 Å². The Kier molecular flexibility index (Phi) is 3.34. The molecule has 0 amide bonds. The predicted molar refractivity (Wildman–Crippen MR) is 68.5 cm³/mol. The van der Waals surface area contributed by atoms with Crippen molar-refractivity contribution in [1.82, 2.24) is 0 Å². The SMILES string of the molecule is Cc1ccc(C(=O)O)c(-c2ccc(F)cc2Cl)c1. The summed E-state index contributed by atoms with van der Waals surface area (Å²) in [6, 6.07) is 8.87. The third-order valence-electron chi connectivity index (χ3n) is 2.63. The lowest BCUT2D eigenvalue weighted by molar-refractivity contribution is 0.0698. The lowest BCUT2D eigenvalue weighted by atomic mass is 9.97. The molecule has 0 aliphatic heterocycles. The summed E-state index contributed by atoms with van der Waals surface area (Å²) in [5, 5.41) is 9.34. The molecular weight excluding hydrogens is 255 g/mol. The monoisotopic (exact) mass is 264 g/mol. The second kappa shape index (κ2) is 4.78. The maximum absolute atomic E-state index is 13.0. The highest BCUT2D eigenvalue weighted by Crippen LogP contribution is 2.31. The lowest BCUT2D eigenvalue weighted by Crippen LogP contribution is -2.00. The smallest absolute Gasteiger partial charge is 0.336 e. The van der Waals surface area contributed by atoms with Gasteiger partial charge in [0.1, 0.15) is 5.82 Å². The molecule has 4 heteroatoms. The Balaban J connectivity index is 2.69. The summed E-state index contributed by atoms with van der Waals surface area (Å²) in [6.45, 7) is 1.85. The highest BCUT2D eigenvalue weighted by atomic mass is 35.5. The molecule has 0 spiro atoms. The van der Waals surface area contributed by atoms with E-state index in [1.807, 2.05) is 6.92 Å². The van der Waals surface area contributed by atoms with Crippen molar-refractivity contribution in [3.05, 3.63) is 58.4 Å². The van der Waals surface area contributed by atoms with Gasteiger partial charge in [-0.3, -0.25) is 0 Å². The topological polar surface area (TPSA) is 37.3 Å². The number of hydrogen-bond acceptors (Lipinski definition) is 1. The zero-order chi connectivity index (χ0) is 13.3. The van der Waals surface area contributed by atoms with Crippen molar-refractivity contribution < 1.29 is 14.3 Å². The molecule has 0 saturated heterocycles. The number of aryl methyl sites for hydroxylation is 1. The third-order valence-corrected chi connectivity index (χ3v) is 2.94. The van der Waals surface area contributed by atoms with Gasteiger partial charge in [-0.15, -0.1) is 0 Å². The first-order valence-corrected chi connectivity index (χ1v) is 5.66. The van der Waals surface area contributed by atoms with Crippen LogP contribution in [-0.4, -0.2) is 11.1 Å².